The first-order valence-electron chi connectivity index (χ1n) is 12.7. The Morgan fingerprint density at radius 2 is 1.66 bits per heavy atom. The van der Waals surface area contributed by atoms with E-state index in [9.17, 15) is 28.7 Å². The molecule has 8 nitrogen and oxygen atoms in total. The van der Waals surface area contributed by atoms with Gasteiger partial charge in [0.25, 0.3) is 11.8 Å². The number of rotatable bonds is 10. The average Bonchev–Trinajstić information content (AvgIpc) is 3.38. The van der Waals surface area contributed by atoms with E-state index in [1.54, 1.807) is 38.1 Å². The summed E-state index contributed by atoms with van der Waals surface area (Å²) in [4.78, 5) is 53.7. The summed E-state index contributed by atoms with van der Waals surface area (Å²) in [5, 5.41) is 10.9. The van der Waals surface area contributed by atoms with Gasteiger partial charge < -0.3 is 9.84 Å². The summed E-state index contributed by atoms with van der Waals surface area (Å²) in [6, 6.07) is 15.2. The maximum absolute atomic E-state index is 14.9. The minimum absolute atomic E-state index is 0.0123. The molecule has 0 aromatic heterocycles. The van der Waals surface area contributed by atoms with Crippen molar-refractivity contribution < 1.29 is 33.4 Å². The summed E-state index contributed by atoms with van der Waals surface area (Å²) in [7, 11) is 0. The molecule has 1 fully saturated rings. The molecule has 0 aliphatic carbocycles. The van der Waals surface area contributed by atoms with Gasteiger partial charge >= 0.3 is 6.09 Å². The molecule has 0 spiro atoms. The van der Waals surface area contributed by atoms with Crippen molar-refractivity contribution in [1.82, 2.24) is 9.80 Å². The van der Waals surface area contributed by atoms with Gasteiger partial charge in [-0.25, -0.2) is 14.1 Å². The number of aliphatic hydroxyl groups excluding tert-OH is 1. The molecule has 4 amide bonds. The SMILES string of the molecule is CC(C)/C=C(\F)[C@H](O)[C@@H](CCCN1C(=O)c2ccccc2C1=O)C(=O)N1C(=O)OCC1Cc1ccccc1. The standard InChI is InChI=1S/C29H31FN2O6/c1-18(2)15-24(30)25(33)23(13-8-14-31-26(34)21-11-6-7-12-22(21)27(31)35)28(36)32-20(17-38-29(32)37)16-19-9-4-3-5-10-19/h3-7,9-12,15,18,20,23,25,33H,8,13-14,16-17H2,1-2H3/b24-15-/t20?,23-,25-/m1/s1. The zero-order valence-corrected chi connectivity index (χ0v) is 21.4. The topological polar surface area (TPSA) is 104 Å². The third-order valence-electron chi connectivity index (χ3n) is 6.76. The Hall–Kier alpha value is -3.85. The van der Waals surface area contributed by atoms with E-state index in [0.717, 1.165) is 15.4 Å². The van der Waals surface area contributed by atoms with Crippen LogP contribution in [0.15, 0.2) is 66.5 Å². The van der Waals surface area contributed by atoms with Gasteiger partial charge in [-0.15, -0.1) is 0 Å². The number of aliphatic hydroxyl groups is 1. The number of benzene rings is 2. The van der Waals surface area contributed by atoms with Crippen molar-refractivity contribution in [2.75, 3.05) is 13.2 Å². The molecule has 38 heavy (non-hydrogen) atoms. The zero-order valence-electron chi connectivity index (χ0n) is 21.4. The Bertz CT molecular complexity index is 1210. The van der Waals surface area contributed by atoms with Gasteiger partial charge in [0.05, 0.1) is 23.1 Å². The van der Waals surface area contributed by atoms with Crippen LogP contribution in [0.2, 0.25) is 0 Å². The smallest absolute Gasteiger partial charge is 0.416 e. The zero-order chi connectivity index (χ0) is 27.4. The number of fused-ring (bicyclic) bond motifs is 1. The number of hydrogen-bond acceptors (Lipinski definition) is 6. The van der Waals surface area contributed by atoms with Crippen LogP contribution in [0.5, 0.6) is 0 Å². The highest BCUT2D eigenvalue weighted by atomic mass is 19.1. The number of halogens is 1. The van der Waals surface area contributed by atoms with Crippen LogP contribution in [0.3, 0.4) is 0 Å². The van der Waals surface area contributed by atoms with Gasteiger partial charge in [-0.3, -0.25) is 19.3 Å². The van der Waals surface area contributed by atoms with Crippen LogP contribution < -0.4 is 0 Å². The molecule has 3 atom stereocenters. The number of hydrogen-bond donors (Lipinski definition) is 1. The first kappa shape index (κ1) is 27.2. The molecule has 2 aliphatic heterocycles. The summed E-state index contributed by atoms with van der Waals surface area (Å²) in [6.45, 7) is 3.44. The average molecular weight is 523 g/mol. The molecule has 2 aromatic rings. The van der Waals surface area contributed by atoms with Gasteiger partial charge in [-0.2, -0.15) is 0 Å². The lowest BCUT2D eigenvalue weighted by molar-refractivity contribution is -0.137. The number of carbonyl (C=O) groups is 4. The quantitative estimate of drug-likeness (QED) is 0.471. The fraction of sp³-hybridized carbons (Fsp3) is 0.379. The number of allylic oxidation sites excluding steroid dienone is 1. The van der Waals surface area contributed by atoms with Crippen LogP contribution >= 0.6 is 0 Å². The monoisotopic (exact) mass is 522 g/mol. The summed E-state index contributed by atoms with van der Waals surface area (Å²) in [5.74, 6) is -4.04. The van der Waals surface area contributed by atoms with Gasteiger partial charge in [-0.05, 0) is 49.0 Å². The molecule has 0 bridgehead atoms. The summed E-state index contributed by atoms with van der Waals surface area (Å²) in [5.41, 5.74) is 1.50. The molecule has 2 aromatic carbocycles. The Morgan fingerprint density at radius 3 is 2.26 bits per heavy atom. The molecular weight excluding hydrogens is 491 g/mol. The molecule has 1 saturated heterocycles. The molecule has 9 heteroatoms. The van der Waals surface area contributed by atoms with Crippen molar-refractivity contribution in [2.45, 2.75) is 45.3 Å². The number of ether oxygens (including phenoxy) is 1. The van der Waals surface area contributed by atoms with Crippen molar-refractivity contribution >= 4 is 23.8 Å². The predicted octanol–water partition coefficient (Wildman–Crippen LogP) is 4.14. The number of cyclic esters (lactones) is 1. The maximum Gasteiger partial charge on any atom is 0.416 e. The number of carbonyl (C=O) groups excluding carboxylic acids is 4. The van der Waals surface area contributed by atoms with Crippen LogP contribution in [0, 0.1) is 11.8 Å². The molecular formula is C29H31FN2O6. The molecule has 200 valence electrons. The number of nitrogens with zero attached hydrogens (tertiary/aromatic N) is 2. The van der Waals surface area contributed by atoms with E-state index >= 15 is 0 Å². The molecule has 2 heterocycles. The normalized spacial score (nSPS) is 19.1. The van der Waals surface area contributed by atoms with E-state index in [2.05, 4.69) is 0 Å². The minimum atomic E-state index is -1.79. The van der Waals surface area contributed by atoms with Crippen LogP contribution in [0.25, 0.3) is 0 Å². The van der Waals surface area contributed by atoms with E-state index in [1.165, 1.54) is 6.08 Å². The highest BCUT2D eigenvalue weighted by Gasteiger charge is 2.44. The van der Waals surface area contributed by atoms with Gasteiger partial charge in [0.1, 0.15) is 18.5 Å². The molecule has 1 unspecified atom stereocenters. The van der Waals surface area contributed by atoms with Gasteiger partial charge in [0.15, 0.2) is 0 Å². The highest BCUT2D eigenvalue weighted by molar-refractivity contribution is 6.21. The van der Waals surface area contributed by atoms with Crippen molar-refractivity contribution in [1.29, 1.82) is 0 Å². The molecule has 0 saturated carbocycles. The lowest BCUT2D eigenvalue weighted by Crippen LogP contribution is -2.47. The van der Waals surface area contributed by atoms with Gasteiger partial charge in [0.2, 0.25) is 5.91 Å². The van der Waals surface area contributed by atoms with Gasteiger partial charge in [0, 0.05) is 6.54 Å². The Morgan fingerprint density at radius 1 is 1.05 bits per heavy atom. The largest absolute Gasteiger partial charge is 0.447 e. The highest BCUT2D eigenvalue weighted by Crippen LogP contribution is 2.29. The molecule has 4 rings (SSSR count). The van der Waals surface area contributed by atoms with Crippen LogP contribution in [-0.2, 0) is 16.0 Å². The third kappa shape index (κ3) is 5.67. The van der Waals surface area contributed by atoms with Gasteiger partial charge in [-0.1, -0.05) is 56.3 Å². The fourth-order valence-electron chi connectivity index (χ4n) is 4.88. The van der Waals surface area contributed by atoms with E-state index in [-0.39, 0.29) is 31.9 Å². The second-order valence-electron chi connectivity index (χ2n) is 9.93. The fourth-order valence-corrected chi connectivity index (χ4v) is 4.88. The lowest BCUT2D eigenvalue weighted by atomic mass is 9.92. The van der Waals surface area contributed by atoms with Crippen molar-refractivity contribution in [3.05, 3.63) is 83.2 Å². The Kier molecular flexibility index (Phi) is 8.36. The lowest BCUT2D eigenvalue weighted by Gasteiger charge is -2.28. The summed E-state index contributed by atoms with van der Waals surface area (Å²) < 4.78 is 20.1. The van der Waals surface area contributed by atoms with Crippen LogP contribution in [-0.4, -0.2) is 64.0 Å². The summed E-state index contributed by atoms with van der Waals surface area (Å²) >= 11 is 0. The van der Waals surface area contributed by atoms with E-state index in [1.807, 2.05) is 30.3 Å². The van der Waals surface area contributed by atoms with Crippen molar-refractivity contribution in [2.24, 2.45) is 11.8 Å². The first-order valence-corrected chi connectivity index (χ1v) is 12.7. The first-order chi connectivity index (χ1) is 18.2. The second-order valence-corrected chi connectivity index (χ2v) is 9.93. The number of imide groups is 2. The molecule has 1 N–H and O–H groups in total. The number of amides is 4. The third-order valence-corrected chi connectivity index (χ3v) is 6.76. The maximum atomic E-state index is 14.9. The van der Waals surface area contributed by atoms with Crippen molar-refractivity contribution in [3.8, 4) is 0 Å². The van der Waals surface area contributed by atoms with E-state index < -0.39 is 47.7 Å². The van der Waals surface area contributed by atoms with Crippen molar-refractivity contribution in [3.63, 3.8) is 0 Å². The Balaban J connectivity index is 1.52. The second kappa shape index (κ2) is 11.7. The van der Waals surface area contributed by atoms with Crippen LogP contribution in [0.4, 0.5) is 9.18 Å². The molecule has 2 aliphatic rings. The predicted molar refractivity (Wildman–Crippen MR) is 137 cm³/mol. The Labute approximate surface area is 220 Å². The summed E-state index contributed by atoms with van der Waals surface area (Å²) in [6.07, 6.45) is -1.01. The van der Waals surface area contributed by atoms with E-state index in [4.69, 9.17) is 4.74 Å². The van der Waals surface area contributed by atoms with E-state index in [0.29, 0.717) is 17.5 Å². The molecule has 0 radical (unpaired) electrons. The minimum Gasteiger partial charge on any atom is -0.447 e. The van der Waals surface area contributed by atoms with Crippen LogP contribution in [0.1, 0.15) is 53.0 Å².